The van der Waals surface area contributed by atoms with E-state index in [-0.39, 0.29) is 12.5 Å². The number of nitrogens with zero attached hydrogens (tertiary/aromatic N) is 1. The van der Waals surface area contributed by atoms with Crippen LogP contribution in [0, 0.1) is 11.8 Å². The average molecular weight is 271 g/mol. The van der Waals surface area contributed by atoms with Gasteiger partial charge in [0, 0.05) is 13.6 Å². The van der Waals surface area contributed by atoms with Crippen LogP contribution >= 0.6 is 0 Å². The molecule has 0 bridgehead atoms. The maximum atomic E-state index is 11.7. The number of urea groups is 1. The third-order valence-corrected chi connectivity index (χ3v) is 3.48. The zero-order chi connectivity index (χ0) is 14.4. The lowest BCUT2D eigenvalue weighted by atomic mass is 9.79. The summed E-state index contributed by atoms with van der Waals surface area (Å²) in [7, 11) is 1.47. The van der Waals surface area contributed by atoms with Gasteiger partial charge in [-0.1, -0.05) is 12.8 Å². The fraction of sp³-hybridized carbons (Fsp3) is 0.750. The quantitative estimate of drug-likeness (QED) is 0.653. The summed E-state index contributed by atoms with van der Waals surface area (Å²) in [4.78, 5) is 34.6. The largest absolute Gasteiger partial charge is 0.481 e. The Morgan fingerprint density at radius 2 is 1.95 bits per heavy atom. The highest BCUT2D eigenvalue weighted by atomic mass is 16.4. The number of nitrogens with two attached hydrogens (primary N) is 1. The second-order valence-corrected chi connectivity index (χ2v) is 5.00. The maximum absolute atomic E-state index is 11.7. The third kappa shape index (κ3) is 4.76. The van der Waals surface area contributed by atoms with Crippen molar-refractivity contribution in [1.82, 2.24) is 10.2 Å². The molecular formula is C12H21N3O4. The van der Waals surface area contributed by atoms with Gasteiger partial charge in [-0.3, -0.25) is 9.59 Å². The molecule has 7 heteroatoms. The van der Waals surface area contributed by atoms with E-state index < -0.39 is 23.8 Å². The van der Waals surface area contributed by atoms with Crippen molar-refractivity contribution in [3.63, 3.8) is 0 Å². The minimum absolute atomic E-state index is 0.0443. The van der Waals surface area contributed by atoms with Crippen LogP contribution in [-0.2, 0) is 9.59 Å². The monoisotopic (exact) mass is 271 g/mol. The minimum atomic E-state index is -0.801. The van der Waals surface area contributed by atoms with E-state index in [0.717, 1.165) is 19.3 Å². The van der Waals surface area contributed by atoms with Crippen molar-refractivity contribution in [1.29, 1.82) is 0 Å². The summed E-state index contributed by atoms with van der Waals surface area (Å²) in [6, 6.07) is -0.409. The number of hydrogen-bond acceptors (Lipinski definition) is 3. The van der Waals surface area contributed by atoms with E-state index in [1.807, 2.05) is 0 Å². The molecule has 0 saturated heterocycles. The smallest absolute Gasteiger partial charge is 0.317 e. The van der Waals surface area contributed by atoms with Crippen molar-refractivity contribution in [3.8, 4) is 0 Å². The zero-order valence-corrected chi connectivity index (χ0v) is 11.1. The van der Waals surface area contributed by atoms with Gasteiger partial charge in [0.25, 0.3) is 0 Å². The van der Waals surface area contributed by atoms with E-state index in [1.54, 1.807) is 0 Å². The first-order valence-electron chi connectivity index (χ1n) is 6.42. The molecule has 1 aliphatic rings. The predicted molar refractivity (Wildman–Crippen MR) is 68.3 cm³/mol. The Morgan fingerprint density at radius 1 is 1.32 bits per heavy atom. The molecule has 2 atom stereocenters. The molecule has 0 aromatic rings. The van der Waals surface area contributed by atoms with Crippen LogP contribution in [0.2, 0.25) is 0 Å². The van der Waals surface area contributed by atoms with Gasteiger partial charge >= 0.3 is 12.0 Å². The molecule has 3 amide bonds. The van der Waals surface area contributed by atoms with Gasteiger partial charge in [-0.05, 0) is 18.8 Å². The van der Waals surface area contributed by atoms with Crippen molar-refractivity contribution in [2.75, 3.05) is 20.1 Å². The van der Waals surface area contributed by atoms with Gasteiger partial charge in [0.1, 0.15) is 6.54 Å². The summed E-state index contributed by atoms with van der Waals surface area (Å²) in [5.41, 5.74) is 4.99. The fourth-order valence-electron chi connectivity index (χ4n) is 2.44. The summed E-state index contributed by atoms with van der Waals surface area (Å²) < 4.78 is 0. The Balaban J connectivity index is 2.43. The number of hydrogen-bond donors (Lipinski definition) is 3. The number of likely N-dealkylation sites (N-methyl/N-ethyl adjacent to an activating group) is 1. The van der Waals surface area contributed by atoms with E-state index in [9.17, 15) is 14.4 Å². The highest BCUT2D eigenvalue weighted by molar-refractivity contribution is 5.82. The normalized spacial score (nSPS) is 22.6. The average Bonchev–Trinajstić information content (AvgIpc) is 2.35. The van der Waals surface area contributed by atoms with E-state index in [0.29, 0.717) is 13.0 Å². The molecule has 4 N–H and O–H groups in total. The van der Waals surface area contributed by atoms with Gasteiger partial charge in [0.2, 0.25) is 5.91 Å². The standard InChI is InChI=1S/C12H21N3O4/c1-15(7-10(13)16)12(19)14-6-8-4-2-3-5-9(8)11(17)18/h8-9H,2-7H2,1H3,(H2,13,16)(H,14,19)(H,17,18). The van der Waals surface area contributed by atoms with Gasteiger partial charge in [-0.15, -0.1) is 0 Å². The SMILES string of the molecule is CN(CC(N)=O)C(=O)NCC1CCCCC1C(=O)O. The Labute approximate surface area is 112 Å². The van der Waals surface area contributed by atoms with Crippen LogP contribution in [0.5, 0.6) is 0 Å². The maximum Gasteiger partial charge on any atom is 0.317 e. The second kappa shape index (κ2) is 6.96. The van der Waals surface area contributed by atoms with Crippen LogP contribution in [0.15, 0.2) is 0 Å². The molecule has 1 rings (SSSR count). The lowest BCUT2D eigenvalue weighted by molar-refractivity contribution is -0.144. The number of carboxylic acid groups (broad SMARTS) is 1. The topological polar surface area (TPSA) is 113 Å². The first kappa shape index (κ1) is 15.3. The summed E-state index contributed by atoms with van der Waals surface area (Å²) in [6.45, 7) is 0.164. The second-order valence-electron chi connectivity index (χ2n) is 5.00. The molecule has 1 fully saturated rings. The van der Waals surface area contributed by atoms with Crippen molar-refractivity contribution in [2.24, 2.45) is 17.6 Å². The third-order valence-electron chi connectivity index (χ3n) is 3.48. The van der Waals surface area contributed by atoms with Crippen LogP contribution in [-0.4, -0.2) is 48.1 Å². The molecule has 0 spiro atoms. The van der Waals surface area contributed by atoms with E-state index in [2.05, 4.69) is 5.32 Å². The molecular weight excluding hydrogens is 250 g/mol. The first-order chi connectivity index (χ1) is 8.91. The highest BCUT2D eigenvalue weighted by Crippen LogP contribution is 2.29. The van der Waals surface area contributed by atoms with Crippen LogP contribution in [0.1, 0.15) is 25.7 Å². The summed E-state index contributed by atoms with van der Waals surface area (Å²) in [5, 5.41) is 11.8. The Kier molecular flexibility index (Phi) is 5.59. The van der Waals surface area contributed by atoms with Crippen molar-refractivity contribution in [2.45, 2.75) is 25.7 Å². The van der Waals surface area contributed by atoms with E-state index >= 15 is 0 Å². The Bertz CT molecular complexity index is 359. The van der Waals surface area contributed by atoms with Crippen molar-refractivity contribution < 1.29 is 19.5 Å². The molecule has 0 aromatic heterocycles. The van der Waals surface area contributed by atoms with Crippen molar-refractivity contribution in [3.05, 3.63) is 0 Å². The summed E-state index contributed by atoms with van der Waals surface area (Å²) in [5.74, 6) is -1.82. The molecule has 7 nitrogen and oxygen atoms in total. The van der Waals surface area contributed by atoms with Crippen molar-refractivity contribution >= 4 is 17.9 Å². The number of nitrogens with one attached hydrogen (secondary N) is 1. The van der Waals surface area contributed by atoms with Gasteiger partial charge in [0.05, 0.1) is 5.92 Å². The number of carbonyl (C=O) groups excluding carboxylic acids is 2. The fourth-order valence-corrected chi connectivity index (χ4v) is 2.44. The minimum Gasteiger partial charge on any atom is -0.481 e. The van der Waals surface area contributed by atoms with Crippen LogP contribution in [0.25, 0.3) is 0 Å². The van der Waals surface area contributed by atoms with Crippen LogP contribution in [0.4, 0.5) is 4.79 Å². The summed E-state index contributed by atoms with van der Waals surface area (Å²) >= 11 is 0. The molecule has 108 valence electrons. The van der Waals surface area contributed by atoms with Gasteiger partial charge in [0.15, 0.2) is 0 Å². The number of rotatable bonds is 5. The molecule has 0 aromatic carbocycles. The zero-order valence-electron chi connectivity index (χ0n) is 11.1. The molecule has 19 heavy (non-hydrogen) atoms. The van der Waals surface area contributed by atoms with Gasteiger partial charge in [-0.25, -0.2) is 4.79 Å². The Hall–Kier alpha value is -1.79. The predicted octanol–water partition coefficient (Wildman–Crippen LogP) is 0.00410. The molecule has 1 saturated carbocycles. The number of aliphatic carboxylic acids is 1. The van der Waals surface area contributed by atoms with E-state index in [1.165, 1.54) is 11.9 Å². The molecule has 0 heterocycles. The van der Waals surface area contributed by atoms with Gasteiger partial charge in [-0.2, -0.15) is 0 Å². The number of amides is 3. The number of carbonyl (C=O) groups is 3. The summed E-state index contributed by atoms with van der Waals surface area (Å²) in [6.07, 6.45) is 3.37. The molecule has 0 aliphatic heterocycles. The molecule has 0 radical (unpaired) electrons. The molecule has 1 aliphatic carbocycles. The lowest BCUT2D eigenvalue weighted by Gasteiger charge is -2.29. The number of primary amides is 1. The van der Waals surface area contributed by atoms with Crippen LogP contribution < -0.4 is 11.1 Å². The van der Waals surface area contributed by atoms with E-state index in [4.69, 9.17) is 10.8 Å². The highest BCUT2D eigenvalue weighted by Gasteiger charge is 2.31. The molecule has 2 unspecified atom stereocenters. The van der Waals surface area contributed by atoms with Crippen LogP contribution in [0.3, 0.4) is 0 Å². The first-order valence-corrected chi connectivity index (χ1v) is 6.42. The number of carboxylic acids is 1. The van der Waals surface area contributed by atoms with Gasteiger partial charge < -0.3 is 21.1 Å². The lowest BCUT2D eigenvalue weighted by Crippen LogP contribution is -2.45. The Morgan fingerprint density at radius 3 is 2.53 bits per heavy atom.